The fourth-order valence-electron chi connectivity index (χ4n) is 2.83. The van der Waals surface area contributed by atoms with Gasteiger partial charge in [-0.3, -0.25) is 15.0 Å². The second kappa shape index (κ2) is 6.05. The second-order valence-electron chi connectivity index (χ2n) is 6.53. The van der Waals surface area contributed by atoms with Gasteiger partial charge in [0.05, 0.1) is 5.41 Å². The molecule has 0 radical (unpaired) electrons. The minimum absolute atomic E-state index is 0.143. The van der Waals surface area contributed by atoms with Crippen LogP contribution in [0.15, 0.2) is 6.07 Å². The molecule has 2 aliphatic heterocycles. The van der Waals surface area contributed by atoms with Crippen molar-refractivity contribution in [2.45, 2.75) is 39.0 Å². The molecule has 2 amide bonds. The Morgan fingerprint density at radius 1 is 1.30 bits per heavy atom. The number of nitrogens with one attached hydrogen (secondary N) is 1. The summed E-state index contributed by atoms with van der Waals surface area (Å²) >= 11 is 6.11. The van der Waals surface area contributed by atoms with E-state index in [1.54, 1.807) is 13.8 Å². The summed E-state index contributed by atoms with van der Waals surface area (Å²) in [7, 11) is 0. The number of halogens is 1. The van der Waals surface area contributed by atoms with Crippen LogP contribution in [0.25, 0.3) is 0 Å². The van der Waals surface area contributed by atoms with Crippen molar-refractivity contribution in [3.63, 3.8) is 0 Å². The molecule has 8 heteroatoms. The summed E-state index contributed by atoms with van der Waals surface area (Å²) in [5, 5.41) is 1.43. The first-order valence-corrected chi connectivity index (χ1v) is 8.01. The number of rotatable bonds is 2. The highest BCUT2D eigenvalue weighted by Gasteiger charge is 2.41. The van der Waals surface area contributed by atoms with Gasteiger partial charge in [-0.15, -0.1) is 0 Å². The Kier molecular flexibility index (Phi) is 4.25. The van der Waals surface area contributed by atoms with Gasteiger partial charge < -0.3 is 4.74 Å². The topological polar surface area (TPSA) is 84.4 Å². The van der Waals surface area contributed by atoms with Crippen LogP contribution in [0.5, 0.6) is 0 Å². The van der Waals surface area contributed by atoms with Gasteiger partial charge in [0, 0.05) is 31.6 Å². The predicted molar refractivity (Wildman–Crippen MR) is 83.9 cm³/mol. The van der Waals surface area contributed by atoms with Crippen molar-refractivity contribution in [1.29, 1.82) is 0 Å². The van der Waals surface area contributed by atoms with Crippen LogP contribution >= 0.6 is 11.6 Å². The largest absolute Gasteiger partial charge is 0.381 e. The van der Waals surface area contributed by atoms with E-state index < -0.39 is 5.41 Å². The number of anilines is 1. The highest BCUT2D eigenvalue weighted by atomic mass is 35.5. The SMILES string of the molecule is CC1(C)CC(=O)NN(c2cc(Cl)nc(C3CCOCC3)n2)C1=O. The van der Waals surface area contributed by atoms with E-state index >= 15 is 0 Å². The molecule has 3 rings (SSSR count). The third-order valence-corrected chi connectivity index (χ3v) is 4.33. The van der Waals surface area contributed by atoms with E-state index in [0.29, 0.717) is 24.9 Å². The molecule has 1 aromatic rings. The van der Waals surface area contributed by atoms with Gasteiger partial charge in [0.25, 0.3) is 5.91 Å². The third kappa shape index (κ3) is 3.30. The van der Waals surface area contributed by atoms with Crippen molar-refractivity contribution in [2.24, 2.45) is 5.41 Å². The fraction of sp³-hybridized carbons (Fsp3) is 0.600. The molecule has 1 N–H and O–H groups in total. The Labute approximate surface area is 139 Å². The molecule has 0 spiro atoms. The second-order valence-corrected chi connectivity index (χ2v) is 6.92. The number of amides is 2. The molecule has 0 unspecified atom stereocenters. The maximum absolute atomic E-state index is 12.6. The Balaban J connectivity index is 1.94. The minimum atomic E-state index is -0.779. The van der Waals surface area contributed by atoms with Gasteiger partial charge in [-0.1, -0.05) is 25.4 Å². The summed E-state index contributed by atoms with van der Waals surface area (Å²) in [5.41, 5.74) is 1.79. The quantitative estimate of drug-likeness (QED) is 0.831. The predicted octanol–water partition coefficient (Wildman–Crippen LogP) is 1.82. The van der Waals surface area contributed by atoms with Gasteiger partial charge in [0.1, 0.15) is 11.0 Å². The lowest BCUT2D eigenvalue weighted by Crippen LogP contribution is -2.58. The lowest BCUT2D eigenvalue weighted by Gasteiger charge is -2.36. The monoisotopic (exact) mass is 338 g/mol. The standard InChI is InChI=1S/C15H19ClN4O3/c1-15(2)8-12(21)19-20(14(15)22)11-7-10(16)17-13(18-11)9-3-5-23-6-4-9/h7,9H,3-6,8H2,1-2H3,(H,19,21). The first-order chi connectivity index (χ1) is 10.9. The molecule has 2 fully saturated rings. The van der Waals surface area contributed by atoms with Crippen LogP contribution in [0.4, 0.5) is 5.82 Å². The maximum Gasteiger partial charge on any atom is 0.253 e. The van der Waals surface area contributed by atoms with E-state index in [-0.39, 0.29) is 29.3 Å². The van der Waals surface area contributed by atoms with Crippen LogP contribution in [0.1, 0.15) is 44.9 Å². The number of hydrogen-bond acceptors (Lipinski definition) is 5. The van der Waals surface area contributed by atoms with Gasteiger partial charge in [0.15, 0.2) is 5.82 Å². The first kappa shape index (κ1) is 16.1. The summed E-state index contributed by atoms with van der Waals surface area (Å²) < 4.78 is 5.35. The summed E-state index contributed by atoms with van der Waals surface area (Å²) in [4.78, 5) is 33.2. The van der Waals surface area contributed by atoms with Crippen LogP contribution in [0.3, 0.4) is 0 Å². The molecule has 7 nitrogen and oxygen atoms in total. The van der Waals surface area contributed by atoms with Gasteiger partial charge in [-0.05, 0) is 12.8 Å². The molecular weight excluding hydrogens is 320 g/mol. The molecule has 124 valence electrons. The summed E-state index contributed by atoms with van der Waals surface area (Å²) in [6.07, 6.45) is 1.77. The van der Waals surface area contributed by atoms with Crippen LogP contribution in [-0.2, 0) is 14.3 Å². The molecule has 3 heterocycles. The van der Waals surface area contributed by atoms with E-state index in [2.05, 4.69) is 15.4 Å². The van der Waals surface area contributed by atoms with Crippen LogP contribution in [0.2, 0.25) is 5.15 Å². The first-order valence-electron chi connectivity index (χ1n) is 7.63. The lowest BCUT2D eigenvalue weighted by molar-refractivity contribution is -0.139. The molecule has 0 aromatic carbocycles. The molecule has 0 atom stereocenters. The zero-order valence-electron chi connectivity index (χ0n) is 13.1. The third-order valence-electron chi connectivity index (χ3n) is 4.14. The number of carbonyl (C=O) groups excluding carboxylic acids is 2. The smallest absolute Gasteiger partial charge is 0.253 e. The van der Waals surface area contributed by atoms with Crippen molar-refractivity contribution in [1.82, 2.24) is 15.4 Å². The number of carbonyl (C=O) groups is 2. The van der Waals surface area contributed by atoms with E-state index in [0.717, 1.165) is 12.8 Å². The van der Waals surface area contributed by atoms with Crippen molar-refractivity contribution in [2.75, 3.05) is 18.2 Å². The highest BCUT2D eigenvalue weighted by molar-refractivity contribution is 6.29. The molecule has 0 saturated carbocycles. The van der Waals surface area contributed by atoms with Crippen molar-refractivity contribution >= 4 is 29.2 Å². The minimum Gasteiger partial charge on any atom is -0.381 e. The van der Waals surface area contributed by atoms with Gasteiger partial charge >= 0.3 is 0 Å². The number of ether oxygens (including phenoxy) is 1. The highest BCUT2D eigenvalue weighted by Crippen LogP contribution is 2.31. The van der Waals surface area contributed by atoms with Crippen LogP contribution in [0, 0.1) is 5.41 Å². The molecule has 2 aliphatic rings. The summed E-state index contributed by atoms with van der Waals surface area (Å²) in [6, 6.07) is 1.49. The molecule has 2 saturated heterocycles. The van der Waals surface area contributed by atoms with Crippen molar-refractivity contribution < 1.29 is 14.3 Å². The molecule has 0 bridgehead atoms. The van der Waals surface area contributed by atoms with Crippen LogP contribution in [-0.4, -0.2) is 35.0 Å². The van der Waals surface area contributed by atoms with Gasteiger partial charge in [-0.2, -0.15) is 0 Å². The maximum atomic E-state index is 12.6. The van der Waals surface area contributed by atoms with Gasteiger partial charge in [-0.25, -0.2) is 15.0 Å². The average molecular weight is 339 g/mol. The normalized spacial score (nSPS) is 22.1. The number of nitrogens with zero attached hydrogens (tertiary/aromatic N) is 3. The van der Waals surface area contributed by atoms with E-state index in [4.69, 9.17) is 16.3 Å². The summed E-state index contributed by atoms with van der Waals surface area (Å²) in [6.45, 7) is 4.79. The van der Waals surface area contributed by atoms with Crippen LogP contribution < -0.4 is 10.4 Å². The molecule has 0 aliphatic carbocycles. The number of hydrazine groups is 1. The molecule has 1 aromatic heterocycles. The van der Waals surface area contributed by atoms with E-state index in [1.165, 1.54) is 11.1 Å². The van der Waals surface area contributed by atoms with Crippen molar-refractivity contribution in [3.05, 3.63) is 17.0 Å². The van der Waals surface area contributed by atoms with E-state index in [9.17, 15) is 9.59 Å². The zero-order valence-corrected chi connectivity index (χ0v) is 13.9. The Bertz CT molecular complexity index is 644. The number of aromatic nitrogens is 2. The lowest BCUT2D eigenvalue weighted by atomic mass is 9.86. The zero-order chi connectivity index (χ0) is 16.6. The Hall–Kier alpha value is -1.73. The molecule has 23 heavy (non-hydrogen) atoms. The van der Waals surface area contributed by atoms with Crippen molar-refractivity contribution in [3.8, 4) is 0 Å². The van der Waals surface area contributed by atoms with E-state index in [1.807, 2.05) is 0 Å². The van der Waals surface area contributed by atoms with Gasteiger partial charge in [0.2, 0.25) is 5.91 Å². The average Bonchev–Trinajstić information content (AvgIpc) is 2.50. The fourth-order valence-corrected chi connectivity index (χ4v) is 3.02. The Morgan fingerprint density at radius 2 is 2.00 bits per heavy atom. The number of hydrogen-bond donors (Lipinski definition) is 1. The Morgan fingerprint density at radius 3 is 2.70 bits per heavy atom. The summed E-state index contributed by atoms with van der Waals surface area (Å²) in [5.74, 6) is 0.588. The molecular formula is C15H19ClN4O3.